The number of rotatable bonds is 6. The Balaban J connectivity index is 1.73. The number of nitrogens with zero attached hydrogens (tertiary/aromatic N) is 1. The van der Waals surface area contributed by atoms with Crippen LogP contribution in [-0.2, 0) is 6.42 Å². The molecular weight excluding hydrogens is 362 g/mol. The van der Waals surface area contributed by atoms with Crippen molar-refractivity contribution in [1.29, 1.82) is 0 Å². The molecule has 1 N–H and O–H groups in total. The van der Waals surface area contributed by atoms with Gasteiger partial charge in [-0.05, 0) is 40.8 Å². The van der Waals surface area contributed by atoms with E-state index in [0.717, 1.165) is 30.0 Å². The molecule has 3 aromatic carbocycles. The molecule has 0 aromatic heterocycles. The second kappa shape index (κ2) is 8.68. The van der Waals surface area contributed by atoms with Crippen LogP contribution in [0.2, 0.25) is 0 Å². The van der Waals surface area contributed by atoms with Crippen LogP contribution in [0.15, 0.2) is 72.8 Å². The molecule has 4 nitrogen and oxygen atoms in total. The minimum atomic E-state index is -0.538. The van der Waals surface area contributed by atoms with Crippen molar-refractivity contribution in [2.45, 2.75) is 18.6 Å². The predicted octanol–water partition coefficient (Wildman–Crippen LogP) is 4.38. The fraction of sp³-hybridized carbons (Fsp3) is 0.280. The Kier molecular flexibility index (Phi) is 5.84. The zero-order valence-corrected chi connectivity index (χ0v) is 16.9. The van der Waals surface area contributed by atoms with Crippen molar-refractivity contribution in [3.8, 4) is 11.5 Å². The third-order valence-electron chi connectivity index (χ3n) is 5.68. The lowest BCUT2D eigenvalue weighted by Crippen LogP contribution is -2.38. The summed E-state index contributed by atoms with van der Waals surface area (Å²) in [5, 5.41) is 10.9. The summed E-state index contributed by atoms with van der Waals surface area (Å²) in [6.45, 7) is 1.43. The molecule has 0 amide bonds. The highest BCUT2D eigenvalue weighted by Gasteiger charge is 2.31. The van der Waals surface area contributed by atoms with Crippen molar-refractivity contribution < 1.29 is 14.6 Å². The summed E-state index contributed by atoms with van der Waals surface area (Å²) in [6, 6.07) is 24.6. The summed E-state index contributed by atoms with van der Waals surface area (Å²) >= 11 is 0. The number of aliphatic hydroxyl groups is 1. The van der Waals surface area contributed by atoms with Crippen LogP contribution in [0.25, 0.3) is 0 Å². The van der Waals surface area contributed by atoms with Crippen molar-refractivity contribution in [1.82, 2.24) is 4.90 Å². The van der Waals surface area contributed by atoms with Crippen molar-refractivity contribution in [3.63, 3.8) is 0 Å². The highest BCUT2D eigenvalue weighted by atomic mass is 16.5. The molecule has 2 atom stereocenters. The van der Waals surface area contributed by atoms with Crippen LogP contribution in [0, 0.1) is 0 Å². The van der Waals surface area contributed by atoms with E-state index in [4.69, 9.17) is 9.47 Å². The largest absolute Gasteiger partial charge is 0.493 e. The maximum Gasteiger partial charge on any atom is 0.161 e. The normalized spacial score (nSPS) is 17.4. The van der Waals surface area contributed by atoms with Gasteiger partial charge < -0.3 is 14.6 Å². The Morgan fingerprint density at radius 3 is 2.21 bits per heavy atom. The molecule has 1 aliphatic rings. The first kappa shape index (κ1) is 19.5. The van der Waals surface area contributed by atoms with Crippen LogP contribution in [0.4, 0.5) is 0 Å². The molecule has 4 heteroatoms. The SMILES string of the molecule is COc1cc2c(cc1OC)[C@H](c1ccccc1)N(C[C@H](O)c1ccccc1)CC2. The van der Waals surface area contributed by atoms with E-state index in [1.807, 2.05) is 36.4 Å². The fourth-order valence-corrected chi connectivity index (χ4v) is 4.22. The number of hydrogen-bond acceptors (Lipinski definition) is 4. The number of aliphatic hydroxyl groups excluding tert-OH is 1. The maximum absolute atomic E-state index is 10.9. The Bertz CT molecular complexity index is 943. The van der Waals surface area contributed by atoms with Gasteiger partial charge in [0.15, 0.2) is 11.5 Å². The zero-order chi connectivity index (χ0) is 20.2. The van der Waals surface area contributed by atoms with Crippen molar-refractivity contribution >= 4 is 0 Å². The number of β-amino-alcohol motifs (C(OH)–C–C–N with tert-alkyl or cyclic N) is 1. The summed E-state index contributed by atoms with van der Waals surface area (Å²) in [7, 11) is 3.34. The lowest BCUT2D eigenvalue weighted by molar-refractivity contribution is 0.0920. The van der Waals surface area contributed by atoms with E-state index < -0.39 is 6.10 Å². The summed E-state index contributed by atoms with van der Waals surface area (Å²) in [5.41, 5.74) is 4.63. The smallest absolute Gasteiger partial charge is 0.161 e. The summed E-state index contributed by atoms with van der Waals surface area (Å²) in [5.74, 6) is 1.49. The Hall–Kier alpha value is -2.82. The highest BCUT2D eigenvalue weighted by molar-refractivity contribution is 5.51. The molecule has 0 unspecified atom stereocenters. The van der Waals surface area contributed by atoms with Crippen LogP contribution in [0.3, 0.4) is 0 Å². The number of ether oxygens (including phenoxy) is 2. The highest BCUT2D eigenvalue weighted by Crippen LogP contribution is 2.41. The Labute approximate surface area is 172 Å². The average Bonchev–Trinajstić information content (AvgIpc) is 2.79. The molecule has 3 aromatic rings. The van der Waals surface area contributed by atoms with Crippen LogP contribution in [0.5, 0.6) is 11.5 Å². The van der Waals surface area contributed by atoms with Crippen LogP contribution in [0.1, 0.15) is 34.4 Å². The lowest BCUT2D eigenvalue weighted by atomic mass is 9.87. The van der Waals surface area contributed by atoms with Gasteiger partial charge in [0.2, 0.25) is 0 Å². The maximum atomic E-state index is 10.9. The molecule has 0 aliphatic carbocycles. The van der Waals surface area contributed by atoms with Crippen LogP contribution < -0.4 is 9.47 Å². The molecule has 1 heterocycles. The van der Waals surface area contributed by atoms with Gasteiger partial charge in [-0.15, -0.1) is 0 Å². The fourth-order valence-electron chi connectivity index (χ4n) is 4.22. The van der Waals surface area contributed by atoms with E-state index in [2.05, 4.69) is 41.3 Å². The second-order valence-electron chi connectivity index (χ2n) is 7.39. The summed E-state index contributed by atoms with van der Waals surface area (Å²) in [4.78, 5) is 2.36. The van der Waals surface area contributed by atoms with Gasteiger partial charge in [0.1, 0.15) is 0 Å². The summed E-state index contributed by atoms with van der Waals surface area (Å²) in [6.07, 6.45) is 0.365. The van der Waals surface area contributed by atoms with Crippen LogP contribution in [-0.4, -0.2) is 37.3 Å². The molecule has 0 radical (unpaired) electrons. The Morgan fingerprint density at radius 2 is 1.55 bits per heavy atom. The standard InChI is InChI=1S/C25H27NO3/c1-28-23-15-20-13-14-26(17-22(27)18-9-5-3-6-10-18)25(19-11-7-4-8-12-19)21(20)16-24(23)29-2/h3-12,15-16,22,25,27H,13-14,17H2,1-2H3/t22-,25-/m0/s1. The third-order valence-corrected chi connectivity index (χ3v) is 5.68. The molecular formula is C25H27NO3. The van der Waals surface area contributed by atoms with Gasteiger partial charge in [-0.1, -0.05) is 60.7 Å². The number of methoxy groups -OCH3 is 2. The first-order chi connectivity index (χ1) is 14.2. The molecule has 0 saturated carbocycles. The number of hydrogen-bond donors (Lipinski definition) is 1. The van der Waals surface area contributed by atoms with Crippen molar-refractivity contribution in [2.24, 2.45) is 0 Å². The molecule has 150 valence electrons. The first-order valence-corrected chi connectivity index (χ1v) is 9.98. The first-order valence-electron chi connectivity index (χ1n) is 9.98. The van der Waals surface area contributed by atoms with E-state index >= 15 is 0 Å². The lowest BCUT2D eigenvalue weighted by Gasteiger charge is -2.39. The molecule has 29 heavy (non-hydrogen) atoms. The minimum absolute atomic E-state index is 0.0538. The van der Waals surface area contributed by atoms with Gasteiger partial charge in [0.05, 0.1) is 26.4 Å². The number of benzene rings is 3. The van der Waals surface area contributed by atoms with E-state index in [1.54, 1.807) is 14.2 Å². The number of fused-ring (bicyclic) bond motifs is 1. The molecule has 0 fully saturated rings. The minimum Gasteiger partial charge on any atom is -0.493 e. The topological polar surface area (TPSA) is 41.9 Å². The van der Waals surface area contributed by atoms with E-state index in [1.165, 1.54) is 16.7 Å². The van der Waals surface area contributed by atoms with E-state index in [9.17, 15) is 5.11 Å². The molecule has 1 aliphatic heterocycles. The molecule has 4 rings (SSSR count). The molecule has 0 saturated heterocycles. The van der Waals surface area contributed by atoms with Gasteiger partial charge in [-0.25, -0.2) is 0 Å². The van der Waals surface area contributed by atoms with E-state index in [0.29, 0.717) is 6.54 Å². The van der Waals surface area contributed by atoms with Crippen molar-refractivity contribution in [3.05, 3.63) is 95.1 Å². The molecule has 0 bridgehead atoms. The predicted molar refractivity (Wildman–Crippen MR) is 115 cm³/mol. The third kappa shape index (κ3) is 4.00. The Morgan fingerprint density at radius 1 is 0.931 bits per heavy atom. The quantitative estimate of drug-likeness (QED) is 0.679. The molecule has 0 spiro atoms. The van der Waals surface area contributed by atoms with Crippen LogP contribution >= 0.6 is 0 Å². The van der Waals surface area contributed by atoms with Gasteiger partial charge >= 0.3 is 0 Å². The van der Waals surface area contributed by atoms with E-state index in [-0.39, 0.29) is 6.04 Å². The van der Waals surface area contributed by atoms with Gasteiger partial charge in [-0.2, -0.15) is 0 Å². The van der Waals surface area contributed by atoms with Gasteiger partial charge in [-0.3, -0.25) is 4.90 Å². The zero-order valence-electron chi connectivity index (χ0n) is 16.9. The average molecular weight is 389 g/mol. The summed E-state index contributed by atoms with van der Waals surface area (Å²) < 4.78 is 11.1. The second-order valence-corrected chi connectivity index (χ2v) is 7.39. The van der Waals surface area contributed by atoms with Gasteiger partial charge in [0, 0.05) is 13.1 Å². The van der Waals surface area contributed by atoms with Gasteiger partial charge in [0.25, 0.3) is 0 Å². The van der Waals surface area contributed by atoms with Crippen molar-refractivity contribution in [2.75, 3.05) is 27.3 Å². The monoisotopic (exact) mass is 389 g/mol.